The molecule has 1 aromatic heterocycles. The SMILES string of the molecule is O=C(Cc1ccccc1F)c1ccccn1. The van der Waals surface area contributed by atoms with Crippen molar-refractivity contribution >= 4 is 5.78 Å². The summed E-state index contributed by atoms with van der Waals surface area (Å²) in [5.41, 5.74) is 0.768. The third kappa shape index (κ3) is 2.31. The quantitative estimate of drug-likeness (QED) is 0.737. The first-order valence-corrected chi connectivity index (χ1v) is 4.95. The molecule has 0 saturated carbocycles. The van der Waals surface area contributed by atoms with Gasteiger partial charge in [0.25, 0.3) is 0 Å². The molecule has 1 heterocycles. The summed E-state index contributed by atoms with van der Waals surface area (Å²) in [5.74, 6) is -0.530. The van der Waals surface area contributed by atoms with Crippen LogP contribution >= 0.6 is 0 Å². The van der Waals surface area contributed by atoms with Crippen molar-refractivity contribution in [3.63, 3.8) is 0 Å². The Morgan fingerprint density at radius 1 is 1.12 bits per heavy atom. The molecule has 0 aliphatic heterocycles. The van der Waals surface area contributed by atoms with Crippen LogP contribution in [-0.2, 0) is 6.42 Å². The molecule has 80 valence electrons. The molecule has 0 spiro atoms. The number of carbonyl (C=O) groups excluding carboxylic acids is 1. The summed E-state index contributed by atoms with van der Waals surface area (Å²) in [7, 11) is 0. The van der Waals surface area contributed by atoms with E-state index in [9.17, 15) is 9.18 Å². The molecule has 2 nitrogen and oxygen atoms in total. The van der Waals surface area contributed by atoms with Gasteiger partial charge in [0.2, 0.25) is 0 Å². The van der Waals surface area contributed by atoms with Crippen molar-refractivity contribution in [1.29, 1.82) is 0 Å². The van der Waals surface area contributed by atoms with Crippen LogP contribution in [0.1, 0.15) is 16.1 Å². The summed E-state index contributed by atoms with van der Waals surface area (Å²) >= 11 is 0. The van der Waals surface area contributed by atoms with Crippen molar-refractivity contribution in [2.75, 3.05) is 0 Å². The van der Waals surface area contributed by atoms with Gasteiger partial charge in [-0.2, -0.15) is 0 Å². The number of ketones is 1. The van der Waals surface area contributed by atoms with E-state index in [1.807, 2.05) is 0 Å². The fourth-order valence-electron chi connectivity index (χ4n) is 1.43. The maximum absolute atomic E-state index is 13.3. The van der Waals surface area contributed by atoms with Gasteiger partial charge in [0, 0.05) is 12.6 Å². The lowest BCUT2D eigenvalue weighted by atomic mass is 10.1. The number of Topliss-reactive ketones (excluding diaryl/α,β-unsaturated/α-hetero) is 1. The molecule has 0 aliphatic carbocycles. The minimum atomic E-state index is -0.355. The molecule has 2 aromatic rings. The second kappa shape index (κ2) is 4.66. The first-order chi connectivity index (χ1) is 7.77. The second-order valence-electron chi connectivity index (χ2n) is 3.41. The highest BCUT2D eigenvalue weighted by Gasteiger charge is 2.10. The summed E-state index contributed by atoms with van der Waals surface area (Å²) in [4.78, 5) is 15.7. The summed E-state index contributed by atoms with van der Waals surface area (Å²) in [6.07, 6.45) is 1.60. The molecule has 0 radical (unpaired) electrons. The highest BCUT2D eigenvalue weighted by molar-refractivity contribution is 5.95. The van der Waals surface area contributed by atoms with E-state index in [0.717, 1.165) is 0 Å². The molecular formula is C13H10FNO. The van der Waals surface area contributed by atoms with E-state index in [4.69, 9.17) is 0 Å². The Kier molecular flexibility index (Phi) is 3.05. The highest BCUT2D eigenvalue weighted by Crippen LogP contribution is 2.09. The van der Waals surface area contributed by atoms with Crippen LogP contribution in [0.4, 0.5) is 4.39 Å². The summed E-state index contributed by atoms with van der Waals surface area (Å²) in [6, 6.07) is 11.4. The molecule has 0 amide bonds. The smallest absolute Gasteiger partial charge is 0.185 e. The number of hydrogen-bond donors (Lipinski definition) is 0. The minimum Gasteiger partial charge on any atom is -0.292 e. The number of pyridine rings is 1. The average Bonchev–Trinajstić information content (AvgIpc) is 2.33. The first-order valence-electron chi connectivity index (χ1n) is 4.95. The normalized spacial score (nSPS) is 10.1. The Morgan fingerprint density at radius 3 is 2.56 bits per heavy atom. The number of carbonyl (C=O) groups is 1. The van der Waals surface area contributed by atoms with Crippen LogP contribution in [0.5, 0.6) is 0 Å². The van der Waals surface area contributed by atoms with Crippen molar-refractivity contribution < 1.29 is 9.18 Å². The molecule has 0 bridgehead atoms. The molecular weight excluding hydrogens is 205 g/mol. The lowest BCUT2D eigenvalue weighted by Gasteiger charge is -2.01. The predicted molar refractivity (Wildman–Crippen MR) is 58.7 cm³/mol. The third-order valence-corrected chi connectivity index (χ3v) is 2.26. The number of halogens is 1. The molecule has 0 fully saturated rings. The van der Waals surface area contributed by atoms with E-state index >= 15 is 0 Å². The Hall–Kier alpha value is -2.03. The minimum absolute atomic E-state index is 0.0453. The van der Waals surface area contributed by atoms with Crippen LogP contribution < -0.4 is 0 Å². The van der Waals surface area contributed by atoms with Crippen LogP contribution in [0.3, 0.4) is 0 Å². The fraction of sp³-hybridized carbons (Fsp3) is 0.0769. The van der Waals surface area contributed by atoms with Crippen LogP contribution in [0, 0.1) is 5.82 Å². The van der Waals surface area contributed by atoms with Crippen molar-refractivity contribution in [2.45, 2.75) is 6.42 Å². The highest BCUT2D eigenvalue weighted by atomic mass is 19.1. The zero-order chi connectivity index (χ0) is 11.4. The molecule has 0 unspecified atom stereocenters. The Balaban J connectivity index is 2.18. The predicted octanol–water partition coefficient (Wildman–Crippen LogP) is 2.65. The van der Waals surface area contributed by atoms with Gasteiger partial charge >= 0.3 is 0 Å². The van der Waals surface area contributed by atoms with Crippen LogP contribution in [0.25, 0.3) is 0 Å². The van der Waals surface area contributed by atoms with Gasteiger partial charge in [-0.3, -0.25) is 9.78 Å². The van der Waals surface area contributed by atoms with Crippen LogP contribution in [0.2, 0.25) is 0 Å². The van der Waals surface area contributed by atoms with Gasteiger partial charge in [0.1, 0.15) is 11.5 Å². The number of nitrogens with zero attached hydrogens (tertiary/aromatic N) is 1. The Labute approximate surface area is 92.8 Å². The van der Waals surface area contributed by atoms with Gasteiger partial charge in [-0.15, -0.1) is 0 Å². The fourth-order valence-corrected chi connectivity index (χ4v) is 1.43. The van der Waals surface area contributed by atoms with Crippen molar-refractivity contribution in [1.82, 2.24) is 4.98 Å². The lowest BCUT2D eigenvalue weighted by Crippen LogP contribution is -2.06. The molecule has 16 heavy (non-hydrogen) atoms. The van der Waals surface area contributed by atoms with Gasteiger partial charge in [-0.05, 0) is 23.8 Å². The number of benzene rings is 1. The zero-order valence-corrected chi connectivity index (χ0v) is 8.56. The van der Waals surface area contributed by atoms with Crippen LogP contribution in [-0.4, -0.2) is 10.8 Å². The van der Waals surface area contributed by atoms with Gasteiger partial charge in [-0.25, -0.2) is 4.39 Å². The van der Waals surface area contributed by atoms with E-state index in [2.05, 4.69) is 4.98 Å². The van der Waals surface area contributed by atoms with E-state index in [0.29, 0.717) is 11.3 Å². The van der Waals surface area contributed by atoms with Gasteiger partial charge in [0.15, 0.2) is 5.78 Å². The second-order valence-corrected chi connectivity index (χ2v) is 3.41. The van der Waals surface area contributed by atoms with Gasteiger partial charge in [-0.1, -0.05) is 24.3 Å². The van der Waals surface area contributed by atoms with Crippen molar-refractivity contribution in [3.8, 4) is 0 Å². The third-order valence-electron chi connectivity index (χ3n) is 2.26. The van der Waals surface area contributed by atoms with Gasteiger partial charge < -0.3 is 0 Å². The van der Waals surface area contributed by atoms with E-state index in [-0.39, 0.29) is 18.0 Å². The average molecular weight is 215 g/mol. The first kappa shape index (κ1) is 10.5. The monoisotopic (exact) mass is 215 g/mol. The number of hydrogen-bond acceptors (Lipinski definition) is 2. The molecule has 0 atom stereocenters. The molecule has 2 rings (SSSR count). The van der Waals surface area contributed by atoms with Crippen molar-refractivity contribution in [3.05, 3.63) is 65.7 Å². The van der Waals surface area contributed by atoms with Gasteiger partial charge in [0.05, 0.1) is 0 Å². The Morgan fingerprint density at radius 2 is 1.88 bits per heavy atom. The lowest BCUT2D eigenvalue weighted by molar-refractivity contribution is 0.0987. The van der Waals surface area contributed by atoms with E-state index in [1.165, 1.54) is 6.07 Å². The van der Waals surface area contributed by atoms with E-state index in [1.54, 1.807) is 42.6 Å². The summed E-state index contributed by atoms with van der Waals surface area (Å²) in [5, 5.41) is 0. The largest absolute Gasteiger partial charge is 0.292 e. The number of rotatable bonds is 3. The molecule has 0 N–H and O–H groups in total. The molecule has 0 aliphatic rings. The number of aromatic nitrogens is 1. The standard InChI is InChI=1S/C13H10FNO/c14-11-6-2-1-5-10(11)9-13(16)12-7-3-4-8-15-12/h1-8H,9H2. The molecule has 3 heteroatoms. The Bertz CT molecular complexity index is 496. The van der Waals surface area contributed by atoms with Crippen molar-refractivity contribution in [2.24, 2.45) is 0 Å². The summed E-state index contributed by atoms with van der Waals surface area (Å²) < 4.78 is 13.3. The topological polar surface area (TPSA) is 30.0 Å². The molecule has 0 saturated heterocycles. The van der Waals surface area contributed by atoms with E-state index < -0.39 is 0 Å². The maximum Gasteiger partial charge on any atom is 0.185 e. The summed E-state index contributed by atoms with van der Waals surface area (Å²) in [6.45, 7) is 0. The van der Waals surface area contributed by atoms with Crippen LogP contribution in [0.15, 0.2) is 48.7 Å². The zero-order valence-electron chi connectivity index (χ0n) is 8.56. The maximum atomic E-state index is 13.3. The molecule has 1 aromatic carbocycles.